The number of likely N-dealkylation sites (tertiary alicyclic amines) is 2. The molecular formula is C26H32N4O2. The van der Waals surface area contributed by atoms with Gasteiger partial charge in [-0.25, -0.2) is 0 Å². The second-order valence-electron chi connectivity index (χ2n) is 8.91. The lowest BCUT2D eigenvalue weighted by molar-refractivity contribution is 0.0847. The number of benzene rings is 2. The summed E-state index contributed by atoms with van der Waals surface area (Å²) in [7, 11) is 0. The highest BCUT2D eigenvalue weighted by Gasteiger charge is 2.26. The van der Waals surface area contributed by atoms with Gasteiger partial charge in [0.25, 0.3) is 0 Å². The summed E-state index contributed by atoms with van der Waals surface area (Å²) in [5.41, 5.74) is 2.09. The summed E-state index contributed by atoms with van der Waals surface area (Å²) in [6.07, 6.45) is 6.62. The van der Waals surface area contributed by atoms with Crippen LogP contribution in [0.1, 0.15) is 43.6 Å². The van der Waals surface area contributed by atoms with E-state index in [0.29, 0.717) is 18.3 Å². The summed E-state index contributed by atoms with van der Waals surface area (Å²) in [5, 5.41) is 4.20. The zero-order valence-corrected chi connectivity index (χ0v) is 18.7. The summed E-state index contributed by atoms with van der Waals surface area (Å²) >= 11 is 0. The van der Waals surface area contributed by atoms with Gasteiger partial charge in [0, 0.05) is 24.7 Å². The minimum atomic E-state index is 0.557. The van der Waals surface area contributed by atoms with E-state index in [9.17, 15) is 0 Å². The molecule has 6 heteroatoms. The topological polar surface area (TPSA) is 54.6 Å². The standard InChI is InChI=1S/C26H32N4O2/c1-3-7-21(8-4-1)20-31-24-11-9-22(10-12-24)26-27-25(32-28-26)19-29-17-13-23(14-18-29)30-15-5-2-6-16-30/h1,3-4,7-12,23H,2,5-6,13-20H2. The maximum Gasteiger partial charge on any atom is 0.241 e. The SMILES string of the molecule is c1ccc(COc2ccc(-c3noc(CN4CCC(N5CCCCC5)CC4)n3)cc2)cc1. The first-order valence-corrected chi connectivity index (χ1v) is 11.9. The smallest absolute Gasteiger partial charge is 0.241 e. The molecule has 168 valence electrons. The Morgan fingerprint density at radius 3 is 2.38 bits per heavy atom. The molecule has 0 unspecified atom stereocenters. The van der Waals surface area contributed by atoms with Crippen LogP contribution in [0.15, 0.2) is 59.1 Å². The fraction of sp³-hybridized carbons (Fsp3) is 0.462. The molecule has 0 aliphatic carbocycles. The highest BCUT2D eigenvalue weighted by atomic mass is 16.5. The number of hydrogen-bond donors (Lipinski definition) is 0. The maximum atomic E-state index is 5.87. The van der Waals surface area contributed by atoms with Crippen molar-refractivity contribution in [3.8, 4) is 17.1 Å². The normalized spacial score (nSPS) is 18.6. The molecule has 0 spiro atoms. The minimum absolute atomic E-state index is 0.557. The lowest BCUT2D eigenvalue weighted by Crippen LogP contribution is -2.46. The first kappa shape index (κ1) is 21.2. The summed E-state index contributed by atoms with van der Waals surface area (Å²) < 4.78 is 11.4. The van der Waals surface area contributed by atoms with Gasteiger partial charge in [0.15, 0.2) is 0 Å². The van der Waals surface area contributed by atoms with Gasteiger partial charge >= 0.3 is 0 Å². The van der Waals surface area contributed by atoms with Crippen LogP contribution in [-0.4, -0.2) is 52.2 Å². The van der Waals surface area contributed by atoms with Crippen molar-refractivity contribution in [2.45, 2.75) is 51.3 Å². The zero-order chi connectivity index (χ0) is 21.6. The maximum absolute atomic E-state index is 5.87. The summed E-state index contributed by atoms with van der Waals surface area (Å²) in [6.45, 7) is 6.07. The van der Waals surface area contributed by atoms with Crippen LogP contribution in [0.5, 0.6) is 5.75 Å². The van der Waals surface area contributed by atoms with Gasteiger partial charge in [-0.1, -0.05) is 41.9 Å². The van der Waals surface area contributed by atoms with Crippen molar-refractivity contribution < 1.29 is 9.26 Å². The molecule has 1 aromatic heterocycles. The van der Waals surface area contributed by atoms with Gasteiger partial charge in [-0.3, -0.25) is 4.90 Å². The molecule has 2 fully saturated rings. The molecule has 0 saturated carbocycles. The second kappa shape index (κ2) is 10.3. The van der Waals surface area contributed by atoms with E-state index in [1.54, 1.807) is 0 Å². The van der Waals surface area contributed by atoms with E-state index in [4.69, 9.17) is 9.26 Å². The Balaban J connectivity index is 1.11. The van der Waals surface area contributed by atoms with Crippen molar-refractivity contribution in [2.75, 3.05) is 26.2 Å². The number of hydrogen-bond acceptors (Lipinski definition) is 6. The minimum Gasteiger partial charge on any atom is -0.489 e. The van der Waals surface area contributed by atoms with Crippen molar-refractivity contribution in [1.82, 2.24) is 19.9 Å². The Bertz CT molecular complexity index is 959. The van der Waals surface area contributed by atoms with E-state index >= 15 is 0 Å². The number of aromatic nitrogens is 2. The first-order valence-electron chi connectivity index (χ1n) is 11.9. The molecule has 5 rings (SSSR count). The molecule has 2 aliphatic rings. The van der Waals surface area contributed by atoms with E-state index in [1.807, 2.05) is 42.5 Å². The molecule has 2 saturated heterocycles. The number of nitrogens with zero attached hydrogens (tertiary/aromatic N) is 4. The van der Waals surface area contributed by atoms with Crippen LogP contribution in [0, 0.1) is 0 Å². The molecule has 2 aromatic carbocycles. The van der Waals surface area contributed by atoms with Crippen LogP contribution in [0.2, 0.25) is 0 Å². The lowest BCUT2D eigenvalue weighted by atomic mass is 10.00. The van der Waals surface area contributed by atoms with Crippen molar-refractivity contribution in [3.63, 3.8) is 0 Å². The number of rotatable bonds is 7. The predicted octanol–water partition coefficient (Wildman–Crippen LogP) is 4.77. The van der Waals surface area contributed by atoms with Crippen LogP contribution in [-0.2, 0) is 13.2 Å². The molecular weight excluding hydrogens is 400 g/mol. The van der Waals surface area contributed by atoms with Crippen molar-refractivity contribution in [1.29, 1.82) is 0 Å². The average molecular weight is 433 g/mol. The largest absolute Gasteiger partial charge is 0.489 e. The molecule has 0 bridgehead atoms. The lowest BCUT2D eigenvalue weighted by Gasteiger charge is -2.39. The highest BCUT2D eigenvalue weighted by Crippen LogP contribution is 2.23. The average Bonchev–Trinajstić information content (AvgIpc) is 3.33. The molecule has 0 amide bonds. The number of ether oxygens (including phenoxy) is 1. The van der Waals surface area contributed by atoms with Crippen molar-refractivity contribution in [2.24, 2.45) is 0 Å². The van der Waals surface area contributed by atoms with Crippen LogP contribution in [0.4, 0.5) is 0 Å². The second-order valence-corrected chi connectivity index (χ2v) is 8.91. The van der Waals surface area contributed by atoms with Gasteiger partial charge < -0.3 is 14.2 Å². The molecule has 0 radical (unpaired) electrons. The third kappa shape index (κ3) is 5.37. The summed E-state index contributed by atoms with van der Waals surface area (Å²) in [5.74, 6) is 2.16. The van der Waals surface area contributed by atoms with E-state index in [1.165, 1.54) is 45.2 Å². The van der Waals surface area contributed by atoms with E-state index in [2.05, 4.69) is 32.1 Å². The van der Waals surface area contributed by atoms with Gasteiger partial charge in [0.2, 0.25) is 11.7 Å². The van der Waals surface area contributed by atoms with E-state index in [0.717, 1.165) is 42.6 Å². The van der Waals surface area contributed by atoms with Gasteiger partial charge in [0.1, 0.15) is 12.4 Å². The summed E-state index contributed by atoms with van der Waals surface area (Å²) in [6, 6.07) is 18.8. The molecule has 6 nitrogen and oxygen atoms in total. The van der Waals surface area contributed by atoms with Gasteiger partial charge in [-0.2, -0.15) is 4.98 Å². The fourth-order valence-electron chi connectivity index (χ4n) is 4.79. The van der Waals surface area contributed by atoms with E-state index < -0.39 is 0 Å². The molecule has 2 aliphatic heterocycles. The summed E-state index contributed by atoms with van der Waals surface area (Å²) in [4.78, 5) is 9.79. The third-order valence-electron chi connectivity index (χ3n) is 6.65. The Morgan fingerprint density at radius 2 is 1.62 bits per heavy atom. The molecule has 32 heavy (non-hydrogen) atoms. The van der Waals surface area contributed by atoms with Crippen LogP contribution < -0.4 is 4.74 Å². The quantitative estimate of drug-likeness (QED) is 0.536. The molecule has 0 N–H and O–H groups in total. The van der Waals surface area contributed by atoms with Crippen LogP contribution in [0.3, 0.4) is 0 Å². The number of piperidine rings is 2. The third-order valence-corrected chi connectivity index (χ3v) is 6.65. The van der Waals surface area contributed by atoms with E-state index in [-0.39, 0.29) is 0 Å². The van der Waals surface area contributed by atoms with Crippen molar-refractivity contribution >= 4 is 0 Å². The van der Waals surface area contributed by atoms with Gasteiger partial charge in [-0.05, 0) is 68.6 Å². The Hall–Kier alpha value is -2.70. The van der Waals surface area contributed by atoms with Crippen molar-refractivity contribution in [3.05, 3.63) is 66.1 Å². The van der Waals surface area contributed by atoms with Crippen LogP contribution >= 0.6 is 0 Å². The van der Waals surface area contributed by atoms with Crippen LogP contribution in [0.25, 0.3) is 11.4 Å². The Morgan fingerprint density at radius 1 is 0.875 bits per heavy atom. The highest BCUT2D eigenvalue weighted by molar-refractivity contribution is 5.55. The Labute approximate surface area is 190 Å². The monoisotopic (exact) mass is 432 g/mol. The predicted molar refractivity (Wildman–Crippen MR) is 124 cm³/mol. The van der Waals surface area contributed by atoms with Gasteiger partial charge in [0.05, 0.1) is 6.54 Å². The molecule has 3 aromatic rings. The fourth-order valence-corrected chi connectivity index (χ4v) is 4.79. The Kier molecular flexibility index (Phi) is 6.80. The zero-order valence-electron chi connectivity index (χ0n) is 18.7. The molecule has 0 atom stereocenters. The first-order chi connectivity index (χ1) is 15.8. The molecule has 3 heterocycles. The van der Waals surface area contributed by atoms with Gasteiger partial charge in [-0.15, -0.1) is 0 Å².